The summed E-state index contributed by atoms with van der Waals surface area (Å²) in [6.45, 7) is 2.78. The van der Waals surface area contributed by atoms with Crippen molar-refractivity contribution in [2.45, 2.75) is 38.7 Å². The minimum atomic E-state index is -0.0952. The van der Waals surface area contributed by atoms with Gasteiger partial charge in [-0.2, -0.15) is 0 Å². The number of hydrogen-bond acceptors (Lipinski definition) is 3. The van der Waals surface area contributed by atoms with E-state index in [4.69, 9.17) is 4.74 Å². The molecule has 0 bridgehead atoms. The van der Waals surface area contributed by atoms with Gasteiger partial charge in [0, 0.05) is 13.0 Å². The number of esters is 1. The van der Waals surface area contributed by atoms with Gasteiger partial charge in [0.05, 0.1) is 13.2 Å². The molecule has 2 unspecified atom stereocenters. The number of methoxy groups -OCH3 is 1. The number of hydrogen-bond donors (Lipinski definition) is 0. The molecule has 3 nitrogen and oxygen atoms in total. The summed E-state index contributed by atoms with van der Waals surface area (Å²) >= 11 is 0. The van der Waals surface area contributed by atoms with Crippen molar-refractivity contribution < 1.29 is 14.3 Å². The van der Waals surface area contributed by atoms with Crippen LogP contribution in [0.4, 0.5) is 0 Å². The summed E-state index contributed by atoms with van der Waals surface area (Å²) in [7, 11) is 1.44. The normalized spacial score (nSPS) is 27.5. The molecule has 0 aromatic heterocycles. The van der Waals surface area contributed by atoms with Crippen LogP contribution in [0.15, 0.2) is 0 Å². The lowest BCUT2D eigenvalue weighted by Crippen LogP contribution is -2.11. The van der Waals surface area contributed by atoms with E-state index < -0.39 is 0 Å². The molecule has 0 spiro atoms. The Kier molecular flexibility index (Phi) is 4.22. The van der Waals surface area contributed by atoms with Crippen LogP contribution in [0.5, 0.6) is 0 Å². The third kappa shape index (κ3) is 3.35. The maximum Gasteiger partial charge on any atom is 0.305 e. The molecule has 0 aliphatic heterocycles. The van der Waals surface area contributed by atoms with Crippen molar-refractivity contribution in [2.75, 3.05) is 13.7 Å². The zero-order valence-electron chi connectivity index (χ0n) is 8.41. The van der Waals surface area contributed by atoms with Crippen LogP contribution < -0.4 is 0 Å². The molecule has 0 radical (unpaired) electrons. The second kappa shape index (κ2) is 5.22. The quantitative estimate of drug-likeness (QED) is 0.627. The fourth-order valence-electron chi connectivity index (χ4n) is 1.92. The predicted molar refractivity (Wildman–Crippen MR) is 49.4 cm³/mol. The Bertz CT molecular complexity index is 168. The number of carbonyl (C=O) groups excluding carboxylic acids is 1. The van der Waals surface area contributed by atoms with E-state index in [1.807, 2.05) is 6.92 Å². The third-order valence-corrected chi connectivity index (χ3v) is 2.58. The minimum absolute atomic E-state index is 0.0952. The molecule has 76 valence electrons. The fraction of sp³-hybridized carbons (Fsp3) is 0.900. The highest BCUT2D eigenvalue weighted by molar-refractivity contribution is 5.69. The van der Waals surface area contributed by atoms with Gasteiger partial charge in [-0.1, -0.05) is 0 Å². The van der Waals surface area contributed by atoms with Gasteiger partial charge >= 0.3 is 5.97 Å². The Hall–Kier alpha value is -0.570. The molecule has 1 aliphatic rings. The zero-order valence-corrected chi connectivity index (χ0v) is 8.41. The summed E-state index contributed by atoms with van der Waals surface area (Å²) in [6.07, 6.45) is 4.14. The van der Waals surface area contributed by atoms with Gasteiger partial charge < -0.3 is 9.47 Å². The smallest absolute Gasteiger partial charge is 0.305 e. The predicted octanol–water partition coefficient (Wildman–Crippen LogP) is 1.75. The third-order valence-electron chi connectivity index (χ3n) is 2.58. The van der Waals surface area contributed by atoms with Crippen LogP contribution >= 0.6 is 0 Å². The molecule has 0 saturated heterocycles. The van der Waals surface area contributed by atoms with Gasteiger partial charge in [-0.05, 0) is 32.1 Å². The second-order valence-electron chi connectivity index (χ2n) is 3.54. The molecule has 2 atom stereocenters. The van der Waals surface area contributed by atoms with E-state index in [1.165, 1.54) is 7.11 Å². The van der Waals surface area contributed by atoms with Gasteiger partial charge in [-0.3, -0.25) is 4.79 Å². The lowest BCUT2D eigenvalue weighted by molar-refractivity contribution is -0.141. The Labute approximate surface area is 79.4 Å². The largest absolute Gasteiger partial charge is 0.469 e. The summed E-state index contributed by atoms with van der Waals surface area (Å²) in [5.41, 5.74) is 0. The van der Waals surface area contributed by atoms with E-state index in [-0.39, 0.29) is 5.97 Å². The van der Waals surface area contributed by atoms with Crippen molar-refractivity contribution in [3.05, 3.63) is 0 Å². The van der Waals surface area contributed by atoms with Crippen LogP contribution in [-0.2, 0) is 14.3 Å². The number of rotatable bonds is 4. The van der Waals surface area contributed by atoms with Gasteiger partial charge in [0.15, 0.2) is 0 Å². The maximum atomic E-state index is 11.0. The molecular weight excluding hydrogens is 168 g/mol. The van der Waals surface area contributed by atoms with Crippen LogP contribution in [0.1, 0.15) is 32.6 Å². The van der Waals surface area contributed by atoms with Crippen molar-refractivity contribution in [3.63, 3.8) is 0 Å². The molecule has 0 N–H and O–H groups in total. The van der Waals surface area contributed by atoms with Crippen LogP contribution in [0.25, 0.3) is 0 Å². The first kappa shape index (κ1) is 10.5. The molecule has 1 saturated carbocycles. The van der Waals surface area contributed by atoms with Gasteiger partial charge in [0.25, 0.3) is 0 Å². The molecule has 0 aromatic carbocycles. The van der Waals surface area contributed by atoms with Crippen molar-refractivity contribution >= 4 is 5.97 Å². The van der Waals surface area contributed by atoms with E-state index in [0.29, 0.717) is 18.4 Å². The molecule has 1 fully saturated rings. The monoisotopic (exact) mass is 186 g/mol. The van der Waals surface area contributed by atoms with Crippen molar-refractivity contribution in [1.29, 1.82) is 0 Å². The first-order chi connectivity index (χ1) is 6.26. The summed E-state index contributed by atoms with van der Waals surface area (Å²) in [6, 6.07) is 0. The summed E-state index contributed by atoms with van der Waals surface area (Å²) in [5.74, 6) is 0.381. The average Bonchev–Trinajstić information content (AvgIpc) is 2.53. The molecule has 0 amide bonds. The topological polar surface area (TPSA) is 35.5 Å². The van der Waals surface area contributed by atoms with Crippen molar-refractivity contribution in [2.24, 2.45) is 5.92 Å². The van der Waals surface area contributed by atoms with Crippen molar-refractivity contribution in [1.82, 2.24) is 0 Å². The summed E-state index contributed by atoms with van der Waals surface area (Å²) < 4.78 is 10.1. The second-order valence-corrected chi connectivity index (χ2v) is 3.54. The summed E-state index contributed by atoms with van der Waals surface area (Å²) in [5, 5.41) is 0. The Morgan fingerprint density at radius 3 is 2.85 bits per heavy atom. The van der Waals surface area contributed by atoms with E-state index in [2.05, 4.69) is 4.74 Å². The summed E-state index contributed by atoms with van der Waals surface area (Å²) in [4.78, 5) is 11.0. The number of carbonyl (C=O) groups is 1. The van der Waals surface area contributed by atoms with E-state index >= 15 is 0 Å². The molecule has 1 rings (SSSR count). The molecule has 1 aliphatic carbocycles. The lowest BCUT2D eigenvalue weighted by atomic mass is 10.0. The van der Waals surface area contributed by atoms with Crippen LogP contribution in [0.3, 0.4) is 0 Å². The molecule has 0 heterocycles. The Morgan fingerprint density at radius 1 is 1.46 bits per heavy atom. The first-order valence-electron chi connectivity index (χ1n) is 4.94. The maximum absolute atomic E-state index is 11.0. The van der Waals surface area contributed by atoms with E-state index in [9.17, 15) is 4.79 Å². The van der Waals surface area contributed by atoms with Crippen LogP contribution in [-0.4, -0.2) is 25.8 Å². The van der Waals surface area contributed by atoms with Crippen molar-refractivity contribution in [3.8, 4) is 0 Å². The Balaban J connectivity index is 2.20. The molecule has 0 aromatic rings. The SMILES string of the molecule is CCOC1CCC(CC(=O)OC)C1. The fourth-order valence-corrected chi connectivity index (χ4v) is 1.92. The lowest BCUT2D eigenvalue weighted by Gasteiger charge is -2.10. The zero-order chi connectivity index (χ0) is 9.68. The van der Waals surface area contributed by atoms with E-state index in [1.54, 1.807) is 0 Å². The van der Waals surface area contributed by atoms with Crippen LogP contribution in [0, 0.1) is 5.92 Å². The highest BCUT2D eigenvalue weighted by atomic mass is 16.5. The number of ether oxygens (including phenoxy) is 2. The standard InChI is InChI=1S/C10H18O3/c1-3-13-9-5-4-8(6-9)7-10(11)12-2/h8-9H,3-7H2,1-2H3. The average molecular weight is 186 g/mol. The van der Waals surface area contributed by atoms with Gasteiger partial charge in [-0.25, -0.2) is 0 Å². The first-order valence-corrected chi connectivity index (χ1v) is 4.94. The van der Waals surface area contributed by atoms with Gasteiger partial charge in [0.1, 0.15) is 0 Å². The molecular formula is C10H18O3. The Morgan fingerprint density at radius 2 is 2.23 bits per heavy atom. The highest BCUT2D eigenvalue weighted by Gasteiger charge is 2.26. The minimum Gasteiger partial charge on any atom is -0.469 e. The highest BCUT2D eigenvalue weighted by Crippen LogP contribution is 2.30. The molecule has 3 heteroatoms. The molecule has 13 heavy (non-hydrogen) atoms. The van der Waals surface area contributed by atoms with E-state index in [0.717, 1.165) is 25.9 Å². The van der Waals surface area contributed by atoms with Gasteiger partial charge in [-0.15, -0.1) is 0 Å². The van der Waals surface area contributed by atoms with Crippen LogP contribution in [0.2, 0.25) is 0 Å². The van der Waals surface area contributed by atoms with Gasteiger partial charge in [0.2, 0.25) is 0 Å².